The largest absolute Gasteiger partial charge is 0.348 e. The van der Waals surface area contributed by atoms with Gasteiger partial charge >= 0.3 is 0 Å². The molecule has 0 aromatic carbocycles. The van der Waals surface area contributed by atoms with Crippen LogP contribution in [0.25, 0.3) is 0 Å². The SMILES string of the molecule is O=C(N[C@@H]1CCc2n[nH]c(=O)cc2C1)c1cc(C2CC2)[nH]n1. The molecule has 1 fully saturated rings. The standard InChI is InChI=1S/C15H17N5O2/c21-14-6-9-5-10(3-4-11(9)17-20-14)16-15(22)13-7-12(18-19-13)8-1-2-8/h6-8,10H,1-5H2,(H,16,22)(H,18,19)(H,20,21)/t10-/m1/s1. The molecule has 0 spiro atoms. The lowest BCUT2D eigenvalue weighted by Gasteiger charge is -2.23. The summed E-state index contributed by atoms with van der Waals surface area (Å²) in [6.07, 6.45) is 4.55. The summed E-state index contributed by atoms with van der Waals surface area (Å²) in [4.78, 5) is 23.6. The van der Waals surface area contributed by atoms with E-state index in [2.05, 4.69) is 25.7 Å². The molecule has 3 N–H and O–H groups in total. The van der Waals surface area contributed by atoms with Gasteiger partial charge in [-0.15, -0.1) is 0 Å². The Hall–Kier alpha value is -2.44. The number of nitrogens with zero attached hydrogens (tertiary/aromatic N) is 2. The molecular weight excluding hydrogens is 282 g/mol. The highest BCUT2D eigenvalue weighted by atomic mass is 16.2. The number of carbonyl (C=O) groups is 1. The maximum atomic E-state index is 12.3. The fourth-order valence-electron chi connectivity index (χ4n) is 2.98. The van der Waals surface area contributed by atoms with Gasteiger partial charge in [-0.2, -0.15) is 10.2 Å². The molecule has 0 saturated heterocycles. The van der Waals surface area contributed by atoms with Crippen LogP contribution in [0, 0.1) is 0 Å². The van der Waals surface area contributed by atoms with Crippen molar-refractivity contribution in [3.05, 3.63) is 45.1 Å². The number of H-pyrrole nitrogens is 2. The number of aromatic amines is 2. The molecule has 0 unspecified atom stereocenters. The van der Waals surface area contributed by atoms with Crippen LogP contribution in [0.1, 0.15) is 52.6 Å². The number of fused-ring (bicyclic) bond motifs is 1. The third-order valence-electron chi connectivity index (χ3n) is 4.36. The summed E-state index contributed by atoms with van der Waals surface area (Å²) in [7, 11) is 0. The fourth-order valence-corrected chi connectivity index (χ4v) is 2.98. The first-order valence-corrected chi connectivity index (χ1v) is 7.62. The smallest absolute Gasteiger partial charge is 0.272 e. The number of hydrogen-bond donors (Lipinski definition) is 3. The highest BCUT2D eigenvalue weighted by Gasteiger charge is 2.27. The van der Waals surface area contributed by atoms with E-state index in [1.165, 1.54) is 12.8 Å². The van der Waals surface area contributed by atoms with E-state index >= 15 is 0 Å². The molecule has 1 saturated carbocycles. The quantitative estimate of drug-likeness (QED) is 0.774. The van der Waals surface area contributed by atoms with Crippen LogP contribution in [0.15, 0.2) is 16.9 Å². The molecule has 2 aliphatic rings. The molecule has 1 amide bonds. The Morgan fingerprint density at radius 1 is 1.18 bits per heavy atom. The van der Waals surface area contributed by atoms with Gasteiger partial charge in [0.2, 0.25) is 0 Å². The fraction of sp³-hybridized carbons (Fsp3) is 0.467. The normalized spacial score (nSPS) is 20.5. The number of nitrogens with one attached hydrogen (secondary N) is 3. The maximum absolute atomic E-state index is 12.3. The van der Waals surface area contributed by atoms with E-state index in [4.69, 9.17) is 0 Å². The number of amides is 1. The van der Waals surface area contributed by atoms with Gasteiger partial charge in [0.05, 0.1) is 5.69 Å². The number of rotatable bonds is 3. The van der Waals surface area contributed by atoms with Gasteiger partial charge in [-0.25, -0.2) is 5.10 Å². The van der Waals surface area contributed by atoms with Crippen LogP contribution in [-0.4, -0.2) is 32.3 Å². The van der Waals surface area contributed by atoms with Crippen LogP contribution in [0.4, 0.5) is 0 Å². The first-order chi connectivity index (χ1) is 10.7. The lowest BCUT2D eigenvalue weighted by atomic mass is 9.92. The number of aromatic nitrogens is 4. The molecule has 2 heterocycles. The summed E-state index contributed by atoms with van der Waals surface area (Å²) in [6.45, 7) is 0. The van der Waals surface area contributed by atoms with Crippen molar-refractivity contribution in [2.45, 2.75) is 44.1 Å². The Bertz CT molecular complexity index is 774. The molecule has 1 atom stereocenters. The second-order valence-corrected chi connectivity index (χ2v) is 6.10. The molecule has 4 rings (SSSR count). The highest BCUT2D eigenvalue weighted by molar-refractivity contribution is 5.92. The average molecular weight is 299 g/mol. The topological polar surface area (TPSA) is 104 Å². The molecule has 0 aliphatic heterocycles. The van der Waals surface area contributed by atoms with Gasteiger partial charge in [0.25, 0.3) is 11.5 Å². The second-order valence-electron chi connectivity index (χ2n) is 6.10. The predicted molar refractivity (Wildman–Crippen MR) is 78.7 cm³/mol. The lowest BCUT2D eigenvalue weighted by Crippen LogP contribution is -2.39. The van der Waals surface area contributed by atoms with E-state index in [-0.39, 0.29) is 17.5 Å². The van der Waals surface area contributed by atoms with Gasteiger partial charge in [-0.05, 0) is 43.7 Å². The summed E-state index contributed by atoms with van der Waals surface area (Å²) in [5, 5.41) is 16.6. The molecule has 7 nitrogen and oxygen atoms in total. The second kappa shape index (κ2) is 5.08. The van der Waals surface area contributed by atoms with Crippen LogP contribution in [-0.2, 0) is 12.8 Å². The van der Waals surface area contributed by atoms with E-state index in [9.17, 15) is 9.59 Å². The van der Waals surface area contributed by atoms with E-state index in [1.54, 1.807) is 6.07 Å². The van der Waals surface area contributed by atoms with E-state index in [0.717, 1.165) is 29.8 Å². The summed E-state index contributed by atoms with van der Waals surface area (Å²) >= 11 is 0. The van der Waals surface area contributed by atoms with Crippen LogP contribution in [0.5, 0.6) is 0 Å². The average Bonchev–Trinajstić information content (AvgIpc) is 3.24. The molecule has 2 aliphatic carbocycles. The third kappa shape index (κ3) is 2.54. The molecule has 22 heavy (non-hydrogen) atoms. The van der Waals surface area contributed by atoms with Gasteiger partial charge in [0.15, 0.2) is 0 Å². The van der Waals surface area contributed by atoms with Crippen molar-refractivity contribution in [2.24, 2.45) is 0 Å². The van der Waals surface area contributed by atoms with Crippen molar-refractivity contribution in [3.63, 3.8) is 0 Å². The van der Waals surface area contributed by atoms with Crippen molar-refractivity contribution in [1.29, 1.82) is 0 Å². The minimum atomic E-state index is -0.202. The van der Waals surface area contributed by atoms with Gasteiger partial charge in [0.1, 0.15) is 5.69 Å². The third-order valence-corrected chi connectivity index (χ3v) is 4.36. The van der Waals surface area contributed by atoms with Gasteiger partial charge < -0.3 is 5.32 Å². The van der Waals surface area contributed by atoms with Crippen molar-refractivity contribution >= 4 is 5.91 Å². The number of carbonyl (C=O) groups excluding carboxylic acids is 1. The molecule has 0 bridgehead atoms. The maximum Gasteiger partial charge on any atom is 0.272 e. The Balaban J connectivity index is 1.44. The van der Waals surface area contributed by atoms with Crippen LogP contribution < -0.4 is 10.9 Å². The van der Waals surface area contributed by atoms with Gasteiger partial charge in [0, 0.05) is 23.7 Å². The molecule has 114 valence electrons. The zero-order valence-electron chi connectivity index (χ0n) is 12.1. The predicted octanol–water partition coefficient (Wildman–Crippen LogP) is 0.658. The molecule has 7 heteroatoms. The van der Waals surface area contributed by atoms with E-state index in [0.29, 0.717) is 18.0 Å². The summed E-state index contributed by atoms with van der Waals surface area (Å²) in [5.74, 6) is 0.391. The van der Waals surface area contributed by atoms with Crippen molar-refractivity contribution in [1.82, 2.24) is 25.7 Å². The Morgan fingerprint density at radius 3 is 2.86 bits per heavy atom. The molecular formula is C15H17N5O2. The van der Waals surface area contributed by atoms with Crippen molar-refractivity contribution in [2.75, 3.05) is 0 Å². The Labute approximate surface area is 126 Å². The van der Waals surface area contributed by atoms with E-state index in [1.807, 2.05) is 6.07 Å². The molecule has 2 aromatic heterocycles. The zero-order valence-corrected chi connectivity index (χ0v) is 12.1. The minimum absolute atomic E-state index is 0.0182. The number of aryl methyl sites for hydroxylation is 1. The minimum Gasteiger partial charge on any atom is -0.348 e. The summed E-state index contributed by atoms with van der Waals surface area (Å²) in [6, 6.07) is 3.43. The molecule has 0 radical (unpaired) electrons. The van der Waals surface area contributed by atoms with Crippen molar-refractivity contribution in [3.8, 4) is 0 Å². The zero-order chi connectivity index (χ0) is 15.1. The van der Waals surface area contributed by atoms with Crippen LogP contribution in [0.3, 0.4) is 0 Å². The van der Waals surface area contributed by atoms with Crippen LogP contribution in [0.2, 0.25) is 0 Å². The summed E-state index contributed by atoms with van der Waals surface area (Å²) < 4.78 is 0. The molecule has 2 aromatic rings. The highest BCUT2D eigenvalue weighted by Crippen LogP contribution is 2.38. The van der Waals surface area contributed by atoms with Gasteiger partial charge in [-0.1, -0.05) is 0 Å². The first-order valence-electron chi connectivity index (χ1n) is 7.62. The first kappa shape index (κ1) is 13.2. The summed E-state index contributed by atoms with van der Waals surface area (Å²) in [5.41, 5.74) is 3.13. The van der Waals surface area contributed by atoms with Crippen molar-refractivity contribution < 1.29 is 4.79 Å². The Morgan fingerprint density at radius 2 is 2.05 bits per heavy atom. The lowest BCUT2D eigenvalue weighted by molar-refractivity contribution is 0.0928. The number of hydrogen-bond acceptors (Lipinski definition) is 4. The van der Waals surface area contributed by atoms with Gasteiger partial charge in [-0.3, -0.25) is 14.7 Å². The van der Waals surface area contributed by atoms with Crippen LogP contribution >= 0.6 is 0 Å². The van der Waals surface area contributed by atoms with E-state index < -0.39 is 0 Å². The monoisotopic (exact) mass is 299 g/mol. The Kier molecular flexibility index (Phi) is 3.06.